The molecule has 0 saturated heterocycles. The van der Waals surface area contributed by atoms with Gasteiger partial charge in [-0.25, -0.2) is 0 Å². The zero-order valence-electron chi connectivity index (χ0n) is 12.8. The second-order valence-corrected chi connectivity index (χ2v) is 7.10. The van der Waals surface area contributed by atoms with Crippen molar-refractivity contribution in [3.05, 3.63) is 0 Å². The van der Waals surface area contributed by atoms with Crippen molar-refractivity contribution in [2.75, 3.05) is 0 Å². The third-order valence-electron chi connectivity index (χ3n) is 5.49. The summed E-state index contributed by atoms with van der Waals surface area (Å²) < 4.78 is 0. The van der Waals surface area contributed by atoms with Crippen LogP contribution in [0, 0.1) is 29.6 Å². The van der Waals surface area contributed by atoms with E-state index in [1.807, 2.05) is 0 Å². The Morgan fingerprint density at radius 2 is 0.824 bits per heavy atom. The van der Waals surface area contributed by atoms with Crippen molar-refractivity contribution in [2.45, 2.75) is 79.6 Å². The summed E-state index contributed by atoms with van der Waals surface area (Å²) in [5.74, 6) is 4.68. The van der Waals surface area contributed by atoms with Crippen LogP contribution in [0.2, 0.25) is 0 Å². The van der Waals surface area contributed by atoms with Gasteiger partial charge in [0.15, 0.2) is 0 Å². The smallest absolute Gasteiger partial charge is 0.0417 e. The molecule has 0 spiro atoms. The normalized spacial score (nSPS) is 42.5. The molecule has 1 aliphatic carbocycles. The van der Waals surface area contributed by atoms with Gasteiger partial charge in [-0.15, -0.1) is 0 Å². The molecule has 1 fully saturated rings. The van der Waals surface area contributed by atoms with Gasteiger partial charge in [0, 0.05) is 0 Å². The molecule has 1 rings (SSSR count). The standard InChI is InChI=1S/C17H34/c1-13-9-11-16(4)14(2)7-6-8-15(3)17(5)12-10-13/h13-17H,6-12H2,1-5H3. The summed E-state index contributed by atoms with van der Waals surface area (Å²) in [4.78, 5) is 0. The Morgan fingerprint density at radius 3 is 1.24 bits per heavy atom. The summed E-state index contributed by atoms with van der Waals surface area (Å²) in [6.45, 7) is 12.3. The predicted molar refractivity (Wildman–Crippen MR) is 78.1 cm³/mol. The molecule has 0 radical (unpaired) electrons. The maximum Gasteiger partial charge on any atom is -0.0417 e. The van der Waals surface area contributed by atoms with E-state index in [9.17, 15) is 0 Å². The molecule has 1 saturated carbocycles. The van der Waals surface area contributed by atoms with Crippen molar-refractivity contribution in [2.24, 2.45) is 29.6 Å². The molecule has 0 aromatic carbocycles. The van der Waals surface area contributed by atoms with E-state index in [1.54, 1.807) is 0 Å². The maximum atomic E-state index is 2.47. The predicted octanol–water partition coefficient (Wildman–Crippen LogP) is 5.91. The number of hydrogen-bond donors (Lipinski definition) is 0. The first-order valence-electron chi connectivity index (χ1n) is 8.00. The second kappa shape index (κ2) is 7.44. The largest absolute Gasteiger partial charge is 0.0625 e. The molecule has 0 bridgehead atoms. The Bertz CT molecular complexity index is 176. The summed E-state index contributed by atoms with van der Waals surface area (Å²) in [5, 5.41) is 0. The highest BCUT2D eigenvalue weighted by atomic mass is 14.2. The van der Waals surface area contributed by atoms with Crippen molar-refractivity contribution >= 4 is 0 Å². The Balaban J connectivity index is 2.50. The Morgan fingerprint density at radius 1 is 0.471 bits per heavy atom. The minimum Gasteiger partial charge on any atom is -0.0625 e. The molecule has 0 heterocycles. The van der Waals surface area contributed by atoms with E-state index in [0.29, 0.717) is 0 Å². The van der Waals surface area contributed by atoms with Crippen molar-refractivity contribution in [3.8, 4) is 0 Å². The lowest BCUT2D eigenvalue weighted by molar-refractivity contribution is 0.252. The summed E-state index contributed by atoms with van der Waals surface area (Å²) >= 11 is 0. The van der Waals surface area contributed by atoms with E-state index in [4.69, 9.17) is 0 Å². The first-order valence-corrected chi connectivity index (χ1v) is 8.00. The molecule has 102 valence electrons. The summed E-state index contributed by atoms with van der Waals surface area (Å²) in [5.41, 5.74) is 0. The molecule has 0 amide bonds. The van der Waals surface area contributed by atoms with Crippen molar-refractivity contribution in [3.63, 3.8) is 0 Å². The van der Waals surface area contributed by atoms with Crippen molar-refractivity contribution < 1.29 is 0 Å². The van der Waals surface area contributed by atoms with E-state index in [0.717, 1.165) is 29.6 Å². The van der Waals surface area contributed by atoms with Gasteiger partial charge in [-0.05, 0) is 29.6 Å². The Hall–Kier alpha value is 0. The SMILES string of the molecule is CC1CCC(C)C(C)CCCC(C)C(C)CC1. The fraction of sp³-hybridized carbons (Fsp3) is 1.00. The third-order valence-corrected chi connectivity index (χ3v) is 5.49. The number of hydrogen-bond acceptors (Lipinski definition) is 0. The minimum absolute atomic E-state index is 0.934. The summed E-state index contributed by atoms with van der Waals surface area (Å²) in [6, 6.07) is 0. The fourth-order valence-electron chi connectivity index (χ4n) is 3.14. The first-order chi connectivity index (χ1) is 8.00. The zero-order chi connectivity index (χ0) is 12.8. The lowest BCUT2D eigenvalue weighted by atomic mass is 9.80. The summed E-state index contributed by atoms with van der Waals surface area (Å²) in [7, 11) is 0. The topological polar surface area (TPSA) is 0 Å². The van der Waals surface area contributed by atoms with Crippen LogP contribution in [0.4, 0.5) is 0 Å². The van der Waals surface area contributed by atoms with Gasteiger partial charge in [0.25, 0.3) is 0 Å². The molecule has 0 N–H and O–H groups in total. The zero-order valence-corrected chi connectivity index (χ0v) is 12.8. The van der Waals surface area contributed by atoms with E-state index in [-0.39, 0.29) is 0 Å². The Labute approximate surface area is 110 Å². The molecule has 4 atom stereocenters. The summed E-state index contributed by atoms with van der Waals surface area (Å²) in [6.07, 6.45) is 10.2. The van der Waals surface area contributed by atoms with Crippen LogP contribution in [0.15, 0.2) is 0 Å². The van der Waals surface area contributed by atoms with Crippen LogP contribution in [0.25, 0.3) is 0 Å². The minimum atomic E-state index is 0.934. The maximum absolute atomic E-state index is 2.47. The van der Waals surface area contributed by atoms with Gasteiger partial charge < -0.3 is 0 Å². The Kier molecular flexibility index (Phi) is 6.59. The van der Waals surface area contributed by atoms with Gasteiger partial charge in [0.1, 0.15) is 0 Å². The average Bonchev–Trinajstić information content (AvgIpc) is 2.31. The van der Waals surface area contributed by atoms with E-state index >= 15 is 0 Å². The molecule has 4 unspecified atom stereocenters. The number of rotatable bonds is 0. The van der Waals surface area contributed by atoms with Crippen LogP contribution in [0.1, 0.15) is 79.6 Å². The van der Waals surface area contributed by atoms with Crippen LogP contribution in [-0.4, -0.2) is 0 Å². The third kappa shape index (κ3) is 5.44. The molecular formula is C17H34. The van der Waals surface area contributed by atoms with Crippen LogP contribution in [-0.2, 0) is 0 Å². The van der Waals surface area contributed by atoms with E-state index in [1.165, 1.54) is 44.9 Å². The van der Waals surface area contributed by atoms with Crippen molar-refractivity contribution in [1.29, 1.82) is 0 Å². The average molecular weight is 238 g/mol. The molecule has 1 aliphatic rings. The molecule has 0 aromatic rings. The van der Waals surface area contributed by atoms with Gasteiger partial charge in [-0.3, -0.25) is 0 Å². The van der Waals surface area contributed by atoms with Crippen molar-refractivity contribution in [1.82, 2.24) is 0 Å². The van der Waals surface area contributed by atoms with E-state index in [2.05, 4.69) is 34.6 Å². The monoisotopic (exact) mass is 238 g/mol. The quantitative estimate of drug-likeness (QED) is 0.492. The van der Waals surface area contributed by atoms with Gasteiger partial charge >= 0.3 is 0 Å². The van der Waals surface area contributed by atoms with Crippen LogP contribution in [0.3, 0.4) is 0 Å². The highest BCUT2D eigenvalue weighted by molar-refractivity contribution is 4.70. The van der Waals surface area contributed by atoms with Crippen LogP contribution >= 0.6 is 0 Å². The lowest BCUT2D eigenvalue weighted by Crippen LogP contribution is -2.15. The van der Waals surface area contributed by atoms with Gasteiger partial charge in [-0.1, -0.05) is 79.6 Å². The molecule has 0 nitrogen and oxygen atoms in total. The second-order valence-electron chi connectivity index (χ2n) is 7.10. The van der Waals surface area contributed by atoms with Crippen LogP contribution < -0.4 is 0 Å². The molecular weight excluding hydrogens is 204 g/mol. The van der Waals surface area contributed by atoms with Gasteiger partial charge in [0.05, 0.1) is 0 Å². The fourth-order valence-corrected chi connectivity index (χ4v) is 3.14. The highest BCUT2D eigenvalue weighted by Crippen LogP contribution is 2.31. The van der Waals surface area contributed by atoms with Gasteiger partial charge in [0.2, 0.25) is 0 Å². The van der Waals surface area contributed by atoms with Gasteiger partial charge in [-0.2, -0.15) is 0 Å². The lowest BCUT2D eigenvalue weighted by Gasteiger charge is -2.26. The first kappa shape index (κ1) is 15.1. The van der Waals surface area contributed by atoms with Crippen LogP contribution in [0.5, 0.6) is 0 Å². The van der Waals surface area contributed by atoms with E-state index < -0.39 is 0 Å². The highest BCUT2D eigenvalue weighted by Gasteiger charge is 2.18. The molecule has 0 aromatic heterocycles. The molecule has 0 heteroatoms. The molecule has 17 heavy (non-hydrogen) atoms. The molecule has 0 aliphatic heterocycles.